The molecule has 104 valence electrons. The highest BCUT2D eigenvalue weighted by Gasteiger charge is 2.44. The molecule has 0 atom stereocenters. The Bertz CT molecular complexity index is 439. The van der Waals surface area contributed by atoms with E-state index in [4.69, 9.17) is 5.73 Å². The number of nitrogens with one attached hydrogen (secondary N) is 1. The molecule has 1 amide bonds. The van der Waals surface area contributed by atoms with Crippen molar-refractivity contribution < 1.29 is 14.0 Å². The summed E-state index contributed by atoms with van der Waals surface area (Å²) in [5.41, 5.74) is 2.22. The van der Waals surface area contributed by atoms with Crippen LogP contribution in [0, 0.1) is 0 Å². The molecule has 0 aromatic carbocycles. The molecule has 5 nitrogen and oxygen atoms in total. The number of nitrogens with two attached hydrogens (primary N) is 1. The van der Waals surface area contributed by atoms with Crippen molar-refractivity contribution in [1.29, 1.82) is 0 Å². The molecule has 0 saturated carbocycles. The fraction of sp³-hybridized carbons (Fsp3) is 0.538. The Morgan fingerprint density at radius 1 is 1.21 bits per heavy atom. The summed E-state index contributed by atoms with van der Waals surface area (Å²) in [6.07, 6.45) is 5.06. The minimum Gasteiger partial charge on any atom is -0.367 e. The second kappa shape index (κ2) is 4.86. The largest absolute Gasteiger partial charge is 0.367 e. The molecule has 6 heteroatoms. The van der Waals surface area contributed by atoms with Crippen LogP contribution in [0.4, 0.5) is 4.39 Å². The summed E-state index contributed by atoms with van der Waals surface area (Å²) >= 11 is 0. The number of rotatable bonds is 3. The normalized spacial score (nSPS) is 35.3. The molecule has 2 rings (SSSR count). The van der Waals surface area contributed by atoms with Gasteiger partial charge in [-0.1, -0.05) is 12.2 Å². The number of hydrogen-bond donors (Lipinski definition) is 2. The minimum absolute atomic E-state index is 0.562. The summed E-state index contributed by atoms with van der Waals surface area (Å²) in [4.78, 5) is 25.0. The van der Waals surface area contributed by atoms with Crippen molar-refractivity contribution in [3.63, 3.8) is 0 Å². The van der Waals surface area contributed by atoms with Crippen molar-refractivity contribution in [2.45, 2.75) is 18.1 Å². The molecule has 3 N–H and O–H groups in total. The Hall–Kier alpha value is -1.53. The van der Waals surface area contributed by atoms with Gasteiger partial charge in [-0.05, 0) is 19.1 Å². The van der Waals surface area contributed by atoms with Gasteiger partial charge in [-0.3, -0.25) is 14.5 Å². The van der Waals surface area contributed by atoms with E-state index in [1.807, 2.05) is 4.90 Å². The predicted molar refractivity (Wildman–Crippen MR) is 69.2 cm³/mol. The standard InChI is InChI=1S/C13H18FN3O2/c1-10(18)12(14)2-4-13(5-3-12,11(15)19)17-8-6-16-7-9-17/h2-5,16H,6-9H2,1H3,(H2,15,19). The number of halogens is 1. The topological polar surface area (TPSA) is 75.4 Å². The average Bonchev–Trinajstić information content (AvgIpc) is 2.40. The lowest BCUT2D eigenvalue weighted by molar-refractivity contribution is -0.126. The van der Waals surface area contributed by atoms with E-state index >= 15 is 0 Å². The van der Waals surface area contributed by atoms with Crippen LogP contribution < -0.4 is 11.1 Å². The van der Waals surface area contributed by atoms with E-state index in [-0.39, 0.29) is 0 Å². The number of nitrogens with zero attached hydrogens (tertiary/aromatic N) is 1. The second-order valence-electron chi connectivity index (χ2n) is 4.92. The number of amides is 1. The second-order valence-corrected chi connectivity index (χ2v) is 4.92. The van der Waals surface area contributed by atoms with Crippen LogP contribution in [0.1, 0.15) is 6.92 Å². The van der Waals surface area contributed by atoms with E-state index in [0.29, 0.717) is 13.1 Å². The lowest BCUT2D eigenvalue weighted by Gasteiger charge is -2.42. The van der Waals surface area contributed by atoms with Crippen molar-refractivity contribution >= 4 is 11.7 Å². The van der Waals surface area contributed by atoms with Crippen LogP contribution in [0.3, 0.4) is 0 Å². The maximum atomic E-state index is 14.2. The van der Waals surface area contributed by atoms with Gasteiger partial charge in [-0.25, -0.2) is 4.39 Å². The highest BCUT2D eigenvalue weighted by molar-refractivity contribution is 5.94. The first kappa shape index (κ1) is 13.9. The minimum atomic E-state index is -2.13. The zero-order valence-electron chi connectivity index (χ0n) is 10.9. The number of carbonyl (C=O) groups excluding carboxylic acids is 2. The fourth-order valence-electron chi connectivity index (χ4n) is 2.41. The Morgan fingerprint density at radius 3 is 2.16 bits per heavy atom. The van der Waals surface area contributed by atoms with Crippen LogP contribution in [0.15, 0.2) is 24.3 Å². The molecular weight excluding hydrogens is 249 g/mol. The number of allylic oxidation sites excluding steroid dienone is 2. The maximum absolute atomic E-state index is 14.2. The third kappa shape index (κ3) is 2.33. The van der Waals surface area contributed by atoms with Crippen LogP contribution in [-0.2, 0) is 9.59 Å². The lowest BCUT2D eigenvalue weighted by atomic mass is 9.84. The molecule has 19 heavy (non-hydrogen) atoms. The fourth-order valence-corrected chi connectivity index (χ4v) is 2.41. The van der Waals surface area contributed by atoms with E-state index in [1.54, 1.807) is 0 Å². The molecule has 0 aromatic heterocycles. The highest BCUT2D eigenvalue weighted by Crippen LogP contribution is 2.30. The molecule has 1 saturated heterocycles. The van der Waals surface area contributed by atoms with E-state index in [2.05, 4.69) is 5.32 Å². The van der Waals surface area contributed by atoms with Crippen LogP contribution in [0.2, 0.25) is 0 Å². The first-order valence-electron chi connectivity index (χ1n) is 6.27. The number of piperazine rings is 1. The average molecular weight is 267 g/mol. The van der Waals surface area contributed by atoms with Crippen LogP contribution in [0.25, 0.3) is 0 Å². The SMILES string of the molecule is CC(=O)C1(F)C=CC(C(N)=O)(N2CCNCC2)C=C1. The highest BCUT2D eigenvalue weighted by atomic mass is 19.1. The molecule has 0 spiro atoms. The summed E-state index contributed by atoms with van der Waals surface area (Å²) < 4.78 is 14.2. The molecule has 2 aliphatic rings. The van der Waals surface area contributed by atoms with Gasteiger partial charge in [0.05, 0.1) is 0 Å². The summed E-state index contributed by atoms with van der Waals surface area (Å²) in [7, 11) is 0. The van der Waals surface area contributed by atoms with Gasteiger partial charge in [0.15, 0.2) is 5.78 Å². The van der Waals surface area contributed by atoms with Crippen molar-refractivity contribution in [1.82, 2.24) is 10.2 Å². The smallest absolute Gasteiger partial charge is 0.245 e. The van der Waals surface area contributed by atoms with Crippen molar-refractivity contribution in [2.75, 3.05) is 26.2 Å². The molecule has 1 heterocycles. The monoisotopic (exact) mass is 267 g/mol. The first-order valence-corrected chi connectivity index (χ1v) is 6.27. The molecule has 1 aliphatic carbocycles. The van der Waals surface area contributed by atoms with Gasteiger partial charge in [-0.15, -0.1) is 0 Å². The van der Waals surface area contributed by atoms with Crippen molar-refractivity contribution in [2.24, 2.45) is 5.73 Å². The summed E-state index contributed by atoms with van der Waals surface area (Å²) in [5.74, 6) is -1.18. The van der Waals surface area contributed by atoms with E-state index in [0.717, 1.165) is 25.2 Å². The van der Waals surface area contributed by atoms with Gasteiger partial charge >= 0.3 is 0 Å². The van der Waals surface area contributed by atoms with Crippen LogP contribution in [-0.4, -0.2) is 54.0 Å². The molecule has 1 fully saturated rings. The Labute approximate surface area is 111 Å². The molecule has 0 unspecified atom stereocenters. The number of hydrogen-bond acceptors (Lipinski definition) is 4. The summed E-state index contributed by atoms with van der Waals surface area (Å²) in [6.45, 7) is 3.93. The van der Waals surface area contributed by atoms with E-state index < -0.39 is 22.9 Å². The van der Waals surface area contributed by atoms with Gasteiger partial charge in [0.1, 0.15) is 5.54 Å². The lowest BCUT2D eigenvalue weighted by Crippen LogP contribution is -2.61. The first-order chi connectivity index (χ1) is 8.91. The number of primary amides is 1. The number of Topliss-reactive ketones (excluding diaryl/α,β-unsaturated/α-hetero) is 1. The molecular formula is C13H18FN3O2. The Kier molecular flexibility index (Phi) is 3.56. The van der Waals surface area contributed by atoms with Crippen LogP contribution in [0.5, 0.6) is 0 Å². The van der Waals surface area contributed by atoms with Gasteiger partial charge in [0.25, 0.3) is 0 Å². The molecule has 0 aromatic rings. The third-order valence-electron chi connectivity index (χ3n) is 3.73. The quantitative estimate of drug-likeness (QED) is 0.678. The number of alkyl halides is 1. The van der Waals surface area contributed by atoms with E-state index in [9.17, 15) is 14.0 Å². The van der Waals surface area contributed by atoms with E-state index in [1.165, 1.54) is 19.1 Å². The van der Waals surface area contributed by atoms with Crippen molar-refractivity contribution in [3.8, 4) is 0 Å². The van der Waals surface area contributed by atoms with Gasteiger partial charge in [0, 0.05) is 26.2 Å². The molecule has 0 radical (unpaired) electrons. The van der Waals surface area contributed by atoms with Crippen molar-refractivity contribution in [3.05, 3.63) is 24.3 Å². The van der Waals surface area contributed by atoms with Gasteiger partial charge < -0.3 is 11.1 Å². The zero-order valence-corrected chi connectivity index (χ0v) is 10.9. The van der Waals surface area contributed by atoms with Gasteiger partial charge in [-0.2, -0.15) is 0 Å². The summed E-state index contributed by atoms with van der Waals surface area (Å²) in [6, 6.07) is 0. The third-order valence-corrected chi connectivity index (χ3v) is 3.73. The zero-order chi connectivity index (χ0) is 14.1. The number of carbonyl (C=O) groups is 2. The molecule has 0 bridgehead atoms. The predicted octanol–water partition coefficient (Wildman–Crippen LogP) is -0.461. The Balaban J connectivity index is 2.32. The Morgan fingerprint density at radius 2 is 1.74 bits per heavy atom. The summed E-state index contributed by atoms with van der Waals surface area (Å²) in [5, 5.41) is 3.17. The van der Waals surface area contributed by atoms with Gasteiger partial charge in [0.2, 0.25) is 11.6 Å². The number of ketones is 1. The van der Waals surface area contributed by atoms with Crippen LogP contribution >= 0.6 is 0 Å². The molecule has 1 aliphatic heterocycles. The maximum Gasteiger partial charge on any atom is 0.245 e.